The third kappa shape index (κ3) is 7.65. The minimum Gasteiger partial charge on any atom is -0.480 e. The normalized spacial score (nSPS) is 12.5. The highest BCUT2D eigenvalue weighted by molar-refractivity contribution is 5.80. The van der Waals surface area contributed by atoms with Crippen molar-refractivity contribution >= 4 is 12.1 Å². The number of alkyl carbamates (subject to hydrolysis) is 1. The van der Waals surface area contributed by atoms with Crippen LogP contribution in [-0.2, 0) is 27.3 Å². The molecule has 0 aliphatic rings. The van der Waals surface area contributed by atoms with E-state index in [1.165, 1.54) is 0 Å². The van der Waals surface area contributed by atoms with Crippen molar-refractivity contribution in [2.45, 2.75) is 52.4 Å². The predicted octanol–water partition coefficient (Wildman–Crippen LogP) is 2.74. The van der Waals surface area contributed by atoms with Crippen LogP contribution in [0.5, 0.6) is 0 Å². The zero-order valence-corrected chi connectivity index (χ0v) is 14.1. The van der Waals surface area contributed by atoms with Gasteiger partial charge in [-0.1, -0.05) is 24.3 Å². The zero-order valence-electron chi connectivity index (χ0n) is 14.1. The van der Waals surface area contributed by atoms with E-state index in [2.05, 4.69) is 5.32 Å². The Morgan fingerprint density at radius 2 is 1.74 bits per heavy atom. The molecule has 2 N–H and O–H groups in total. The Hall–Kier alpha value is -2.08. The maximum atomic E-state index is 11.7. The molecule has 0 saturated carbocycles. The van der Waals surface area contributed by atoms with E-state index >= 15 is 0 Å². The summed E-state index contributed by atoms with van der Waals surface area (Å²) in [5.74, 6) is -1.10. The van der Waals surface area contributed by atoms with Crippen molar-refractivity contribution in [3.63, 3.8) is 0 Å². The number of hydrogen-bond acceptors (Lipinski definition) is 4. The molecule has 0 aliphatic heterocycles. The lowest BCUT2D eigenvalue weighted by atomic mass is 10.0. The molecule has 1 amide bonds. The van der Waals surface area contributed by atoms with E-state index in [1.807, 2.05) is 31.2 Å². The molecule has 0 bridgehead atoms. The summed E-state index contributed by atoms with van der Waals surface area (Å²) in [6.45, 7) is 8.25. The van der Waals surface area contributed by atoms with E-state index in [0.29, 0.717) is 13.2 Å². The van der Waals surface area contributed by atoms with Crippen molar-refractivity contribution in [1.82, 2.24) is 5.32 Å². The summed E-state index contributed by atoms with van der Waals surface area (Å²) in [4.78, 5) is 23.0. The lowest BCUT2D eigenvalue weighted by molar-refractivity contribution is -0.139. The fourth-order valence-electron chi connectivity index (χ4n) is 1.88. The summed E-state index contributed by atoms with van der Waals surface area (Å²) < 4.78 is 10.4. The molecule has 0 radical (unpaired) electrons. The molecule has 1 aromatic carbocycles. The smallest absolute Gasteiger partial charge is 0.408 e. The first-order chi connectivity index (χ1) is 10.7. The van der Waals surface area contributed by atoms with Gasteiger partial charge in [0.1, 0.15) is 11.6 Å². The van der Waals surface area contributed by atoms with Crippen LogP contribution in [0.1, 0.15) is 38.8 Å². The minimum atomic E-state index is -1.10. The SMILES string of the molecule is CCOCc1ccc(C[C@@H](NC(=O)OC(C)(C)C)C(=O)O)cc1. The maximum absolute atomic E-state index is 11.7. The average molecular weight is 323 g/mol. The van der Waals surface area contributed by atoms with Gasteiger partial charge in [0.05, 0.1) is 6.61 Å². The summed E-state index contributed by atoms with van der Waals surface area (Å²) in [7, 11) is 0. The van der Waals surface area contributed by atoms with Gasteiger partial charge in [-0.3, -0.25) is 0 Å². The van der Waals surface area contributed by atoms with Gasteiger partial charge >= 0.3 is 12.1 Å². The Morgan fingerprint density at radius 1 is 1.17 bits per heavy atom. The first-order valence-electron chi connectivity index (χ1n) is 7.59. The second-order valence-corrected chi connectivity index (χ2v) is 6.19. The average Bonchev–Trinajstić information content (AvgIpc) is 2.43. The van der Waals surface area contributed by atoms with Crippen LogP contribution in [0.25, 0.3) is 0 Å². The first kappa shape index (κ1) is 19.0. The quantitative estimate of drug-likeness (QED) is 0.806. The fourth-order valence-corrected chi connectivity index (χ4v) is 1.88. The standard InChI is InChI=1S/C17H25NO5/c1-5-22-11-13-8-6-12(7-9-13)10-14(15(19)20)18-16(21)23-17(2,3)4/h6-9,14H,5,10-11H2,1-4H3,(H,18,21)(H,19,20)/t14-/m1/s1. The van der Waals surface area contributed by atoms with Crippen LogP contribution < -0.4 is 5.32 Å². The summed E-state index contributed by atoms with van der Waals surface area (Å²) >= 11 is 0. The third-order valence-electron chi connectivity index (χ3n) is 2.92. The number of carbonyl (C=O) groups excluding carboxylic acids is 1. The topological polar surface area (TPSA) is 84.9 Å². The maximum Gasteiger partial charge on any atom is 0.408 e. The van der Waals surface area contributed by atoms with Gasteiger partial charge in [-0.15, -0.1) is 0 Å². The van der Waals surface area contributed by atoms with Crippen LogP contribution in [0.2, 0.25) is 0 Å². The summed E-state index contributed by atoms with van der Waals surface area (Å²) in [6, 6.07) is 6.40. The van der Waals surface area contributed by atoms with E-state index < -0.39 is 23.7 Å². The first-order valence-corrected chi connectivity index (χ1v) is 7.59. The molecular weight excluding hydrogens is 298 g/mol. The Balaban J connectivity index is 2.65. The van der Waals surface area contributed by atoms with Gasteiger partial charge in [0, 0.05) is 13.0 Å². The monoisotopic (exact) mass is 323 g/mol. The van der Waals surface area contributed by atoms with Gasteiger partial charge in [0.25, 0.3) is 0 Å². The molecular formula is C17H25NO5. The molecule has 0 fully saturated rings. The Bertz CT molecular complexity index is 519. The second-order valence-electron chi connectivity index (χ2n) is 6.19. The number of ether oxygens (including phenoxy) is 2. The van der Waals surface area contributed by atoms with Crippen molar-refractivity contribution in [3.05, 3.63) is 35.4 Å². The highest BCUT2D eigenvalue weighted by Crippen LogP contribution is 2.10. The second kappa shape index (κ2) is 8.53. The molecule has 0 aliphatic carbocycles. The molecule has 6 heteroatoms. The van der Waals surface area contributed by atoms with Gasteiger partial charge < -0.3 is 19.9 Å². The van der Waals surface area contributed by atoms with Crippen LogP contribution in [0.4, 0.5) is 4.79 Å². The zero-order chi connectivity index (χ0) is 17.5. The highest BCUT2D eigenvalue weighted by Gasteiger charge is 2.24. The van der Waals surface area contributed by atoms with E-state index in [4.69, 9.17) is 9.47 Å². The van der Waals surface area contributed by atoms with Gasteiger partial charge in [0.15, 0.2) is 0 Å². The molecule has 1 rings (SSSR count). The van der Waals surface area contributed by atoms with E-state index in [0.717, 1.165) is 11.1 Å². The number of benzene rings is 1. The summed E-state index contributed by atoms with van der Waals surface area (Å²) in [5.41, 5.74) is 1.16. The molecule has 0 aromatic heterocycles. The van der Waals surface area contributed by atoms with Crippen LogP contribution in [0.3, 0.4) is 0 Å². The predicted molar refractivity (Wildman–Crippen MR) is 86.3 cm³/mol. The number of hydrogen-bond donors (Lipinski definition) is 2. The molecule has 128 valence electrons. The molecule has 23 heavy (non-hydrogen) atoms. The van der Waals surface area contributed by atoms with Crippen LogP contribution in [0, 0.1) is 0 Å². The number of carboxylic acid groups (broad SMARTS) is 1. The highest BCUT2D eigenvalue weighted by atomic mass is 16.6. The molecule has 6 nitrogen and oxygen atoms in total. The van der Waals surface area contributed by atoms with Gasteiger partial charge in [-0.05, 0) is 38.8 Å². The number of nitrogens with one attached hydrogen (secondary N) is 1. The number of carbonyl (C=O) groups is 2. The molecule has 1 aromatic rings. The lowest BCUT2D eigenvalue weighted by Crippen LogP contribution is -2.44. The van der Waals surface area contributed by atoms with Crippen molar-refractivity contribution < 1.29 is 24.2 Å². The molecule has 0 heterocycles. The number of aliphatic carboxylic acids is 1. The van der Waals surface area contributed by atoms with E-state index in [9.17, 15) is 14.7 Å². The van der Waals surface area contributed by atoms with Crippen molar-refractivity contribution in [3.8, 4) is 0 Å². The molecule has 1 atom stereocenters. The third-order valence-corrected chi connectivity index (χ3v) is 2.92. The summed E-state index contributed by atoms with van der Waals surface area (Å²) in [5, 5.41) is 11.6. The van der Waals surface area contributed by atoms with Crippen molar-refractivity contribution in [1.29, 1.82) is 0 Å². The van der Waals surface area contributed by atoms with Crippen molar-refractivity contribution in [2.75, 3.05) is 6.61 Å². The Kier molecular flexibility index (Phi) is 7.03. The number of carboxylic acids is 1. The largest absolute Gasteiger partial charge is 0.480 e. The van der Waals surface area contributed by atoms with Gasteiger partial charge in [-0.2, -0.15) is 0 Å². The molecule has 0 saturated heterocycles. The number of rotatable bonds is 7. The molecule has 0 unspecified atom stereocenters. The Morgan fingerprint density at radius 3 is 2.22 bits per heavy atom. The van der Waals surface area contributed by atoms with Gasteiger partial charge in [0.2, 0.25) is 0 Å². The lowest BCUT2D eigenvalue weighted by Gasteiger charge is -2.22. The minimum absolute atomic E-state index is 0.184. The fraction of sp³-hybridized carbons (Fsp3) is 0.529. The van der Waals surface area contributed by atoms with E-state index in [-0.39, 0.29) is 6.42 Å². The van der Waals surface area contributed by atoms with Crippen molar-refractivity contribution in [2.24, 2.45) is 0 Å². The van der Waals surface area contributed by atoms with E-state index in [1.54, 1.807) is 20.8 Å². The van der Waals surface area contributed by atoms with Gasteiger partial charge in [-0.25, -0.2) is 9.59 Å². The van der Waals surface area contributed by atoms with Crippen LogP contribution in [-0.4, -0.2) is 35.4 Å². The van der Waals surface area contributed by atoms with Crippen LogP contribution in [0.15, 0.2) is 24.3 Å². The van der Waals surface area contributed by atoms with Crippen LogP contribution >= 0.6 is 0 Å². The Labute approximate surface area is 136 Å². The number of amides is 1. The summed E-state index contributed by atoms with van der Waals surface area (Å²) in [6.07, 6.45) is -0.554. The molecule has 0 spiro atoms.